The van der Waals surface area contributed by atoms with Crippen LogP contribution in [0.5, 0.6) is 11.5 Å². The highest BCUT2D eigenvalue weighted by Gasteiger charge is 2.08. The molecule has 0 bridgehead atoms. The molecular weight excluding hydrogens is 254 g/mol. The topological polar surface area (TPSA) is 48.4 Å². The number of ether oxygens (including phenoxy) is 2. The summed E-state index contributed by atoms with van der Waals surface area (Å²) in [4.78, 5) is 16.0. The smallest absolute Gasteiger partial charge is 0.204 e. The number of carbonyl (C=O) groups is 1. The Balaban J connectivity index is 2.30. The molecule has 4 heteroatoms. The number of aromatic nitrogens is 1. The summed E-state index contributed by atoms with van der Waals surface area (Å²) in [6.45, 7) is 0. The number of benzene rings is 1. The first-order chi connectivity index (χ1) is 9.76. The van der Waals surface area contributed by atoms with E-state index in [9.17, 15) is 4.79 Å². The molecule has 0 saturated carbocycles. The molecule has 1 aromatic heterocycles. The summed E-state index contributed by atoms with van der Waals surface area (Å²) in [6.07, 6.45) is 4.72. The van der Waals surface area contributed by atoms with E-state index in [4.69, 9.17) is 9.47 Å². The van der Waals surface area contributed by atoms with Gasteiger partial charge in [-0.2, -0.15) is 0 Å². The van der Waals surface area contributed by atoms with Gasteiger partial charge in [-0.15, -0.1) is 0 Å². The van der Waals surface area contributed by atoms with E-state index in [1.54, 1.807) is 44.7 Å². The summed E-state index contributed by atoms with van der Waals surface area (Å²) in [5.41, 5.74) is 1.12. The second-order valence-corrected chi connectivity index (χ2v) is 3.99. The third-order valence-corrected chi connectivity index (χ3v) is 2.78. The number of ketones is 1. The zero-order valence-corrected chi connectivity index (χ0v) is 11.4. The molecular formula is C16H15NO3. The van der Waals surface area contributed by atoms with Gasteiger partial charge < -0.3 is 9.47 Å². The lowest BCUT2D eigenvalue weighted by Crippen LogP contribution is -1.97. The molecule has 102 valence electrons. The van der Waals surface area contributed by atoms with Crippen molar-refractivity contribution in [3.05, 3.63) is 59.9 Å². The predicted octanol–water partition coefficient (Wildman–Crippen LogP) is 2.99. The van der Waals surface area contributed by atoms with Gasteiger partial charge in [0.25, 0.3) is 0 Å². The second kappa shape index (κ2) is 6.52. The molecule has 0 saturated heterocycles. The molecule has 4 nitrogen and oxygen atoms in total. The average molecular weight is 269 g/mol. The molecule has 2 rings (SSSR count). The van der Waals surface area contributed by atoms with E-state index in [2.05, 4.69) is 4.98 Å². The van der Waals surface area contributed by atoms with Crippen LogP contribution < -0.4 is 9.47 Å². The molecule has 1 heterocycles. The van der Waals surface area contributed by atoms with Crippen LogP contribution in [0.1, 0.15) is 16.1 Å². The lowest BCUT2D eigenvalue weighted by Gasteiger charge is -2.09. The highest BCUT2D eigenvalue weighted by molar-refractivity contribution is 6.05. The number of hydrogen-bond donors (Lipinski definition) is 0. The molecule has 0 amide bonds. The van der Waals surface area contributed by atoms with Crippen LogP contribution in [0.25, 0.3) is 6.08 Å². The Morgan fingerprint density at radius 2 is 1.75 bits per heavy atom. The molecule has 0 aliphatic heterocycles. The van der Waals surface area contributed by atoms with Gasteiger partial charge in [-0.05, 0) is 36.4 Å². The summed E-state index contributed by atoms with van der Waals surface area (Å²) < 4.78 is 10.5. The van der Waals surface area contributed by atoms with Crippen molar-refractivity contribution in [3.8, 4) is 11.5 Å². The Morgan fingerprint density at radius 1 is 1.05 bits per heavy atom. The third kappa shape index (κ3) is 3.03. The Kier molecular flexibility index (Phi) is 4.50. The first kappa shape index (κ1) is 13.8. The second-order valence-electron chi connectivity index (χ2n) is 3.99. The fourth-order valence-corrected chi connectivity index (χ4v) is 1.80. The number of pyridine rings is 1. The van der Waals surface area contributed by atoms with Gasteiger partial charge in [0.15, 0.2) is 0 Å². The van der Waals surface area contributed by atoms with Crippen molar-refractivity contribution < 1.29 is 14.3 Å². The highest BCUT2D eigenvalue weighted by atomic mass is 16.5. The number of nitrogens with zero attached hydrogens (tertiary/aromatic N) is 1. The molecule has 1 aromatic carbocycles. The van der Waals surface area contributed by atoms with Crippen molar-refractivity contribution in [3.63, 3.8) is 0 Å². The SMILES string of the molecule is COc1cccc(OC)c1/C=C/C(=O)c1ccccn1. The Bertz CT molecular complexity index is 599. The molecule has 0 radical (unpaired) electrons. The maximum atomic E-state index is 12.0. The molecule has 2 aromatic rings. The highest BCUT2D eigenvalue weighted by Crippen LogP contribution is 2.29. The van der Waals surface area contributed by atoms with Crippen LogP contribution >= 0.6 is 0 Å². The minimum absolute atomic E-state index is 0.168. The Hall–Kier alpha value is -2.62. The fraction of sp³-hybridized carbons (Fsp3) is 0.125. The maximum absolute atomic E-state index is 12.0. The number of carbonyl (C=O) groups excluding carboxylic acids is 1. The van der Waals surface area contributed by atoms with E-state index in [0.29, 0.717) is 17.2 Å². The largest absolute Gasteiger partial charge is 0.496 e. The van der Waals surface area contributed by atoms with Gasteiger partial charge in [0.05, 0.1) is 19.8 Å². The molecule has 0 aliphatic rings. The molecule has 0 aliphatic carbocycles. The van der Waals surface area contributed by atoms with Crippen LogP contribution in [0.3, 0.4) is 0 Å². The Morgan fingerprint density at radius 3 is 2.30 bits per heavy atom. The van der Waals surface area contributed by atoms with Crippen LogP contribution in [0.2, 0.25) is 0 Å². The van der Waals surface area contributed by atoms with Crippen LogP contribution in [0.15, 0.2) is 48.7 Å². The normalized spacial score (nSPS) is 10.5. The summed E-state index contributed by atoms with van der Waals surface area (Å²) in [7, 11) is 3.15. The van der Waals surface area contributed by atoms with E-state index < -0.39 is 0 Å². The average Bonchev–Trinajstić information content (AvgIpc) is 2.52. The van der Waals surface area contributed by atoms with Crippen molar-refractivity contribution >= 4 is 11.9 Å². The predicted molar refractivity (Wildman–Crippen MR) is 77.1 cm³/mol. The zero-order valence-electron chi connectivity index (χ0n) is 11.4. The minimum Gasteiger partial charge on any atom is -0.496 e. The molecule has 0 N–H and O–H groups in total. The van der Waals surface area contributed by atoms with Gasteiger partial charge >= 0.3 is 0 Å². The molecule has 0 unspecified atom stereocenters. The number of rotatable bonds is 5. The number of hydrogen-bond acceptors (Lipinski definition) is 4. The summed E-state index contributed by atoms with van der Waals surface area (Å²) in [5.74, 6) is 1.13. The standard InChI is InChI=1S/C16H15NO3/c1-19-15-7-5-8-16(20-2)12(15)9-10-14(18)13-6-3-4-11-17-13/h3-11H,1-2H3/b10-9+. The van der Waals surface area contributed by atoms with E-state index in [1.807, 2.05) is 18.2 Å². The van der Waals surface area contributed by atoms with Crippen molar-refractivity contribution in [2.75, 3.05) is 14.2 Å². The maximum Gasteiger partial charge on any atom is 0.204 e. The van der Waals surface area contributed by atoms with Crippen LogP contribution in [-0.4, -0.2) is 25.0 Å². The summed E-state index contributed by atoms with van der Waals surface area (Å²) in [5, 5.41) is 0. The zero-order chi connectivity index (χ0) is 14.4. The van der Waals surface area contributed by atoms with Crippen molar-refractivity contribution in [1.82, 2.24) is 4.98 Å². The van der Waals surface area contributed by atoms with Crippen molar-refractivity contribution in [1.29, 1.82) is 0 Å². The molecule has 0 fully saturated rings. The monoisotopic (exact) mass is 269 g/mol. The lowest BCUT2D eigenvalue weighted by molar-refractivity contribution is 0.104. The van der Waals surface area contributed by atoms with Gasteiger partial charge in [0, 0.05) is 6.20 Å². The minimum atomic E-state index is -0.168. The van der Waals surface area contributed by atoms with Gasteiger partial charge in [0.2, 0.25) is 5.78 Å². The lowest BCUT2D eigenvalue weighted by atomic mass is 10.1. The van der Waals surface area contributed by atoms with Crippen LogP contribution in [0.4, 0.5) is 0 Å². The van der Waals surface area contributed by atoms with Crippen molar-refractivity contribution in [2.45, 2.75) is 0 Å². The summed E-state index contributed by atoms with van der Waals surface area (Å²) >= 11 is 0. The molecule has 0 atom stereocenters. The van der Waals surface area contributed by atoms with Gasteiger partial charge in [-0.3, -0.25) is 9.78 Å². The molecule has 0 spiro atoms. The molecule has 20 heavy (non-hydrogen) atoms. The van der Waals surface area contributed by atoms with E-state index in [0.717, 1.165) is 5.56 Å². The number of methoxy groups -OCH3 is 2. The Labute approximate surface area is 117 Å². The summed E-state index contributed by atoms with van der Waals surface area (Å²) in [6, 6.07) is 10.7. The quantitative estimate of drug-likeness (QED) is 0.618. The fourth-order valence-electron chi connectivity index (χ4n) is 1.80. The van der Waals surface area contributed by atoms with Gasteiger partial charge in [-0.25, -0.2) is 0 Å². The van der Waals surface area contributed by atoms with Gasteiger partial charge in [0.1, 0.15) is 17.2 Å². The van der Waals surface area contributed by atoms with E-state index >= 15 is 0 Å². The first-order valence-corrected chi connectivity index (χ1v) is 6.10. The third-order valence-electron chi connectivity index (χ3n) is 2.78. The number of allylic oxidation sites excluding steroid dienone is 1. The van der Waals surface area contributed by atoms with Crippen LogP contribution in [-0.2, 0) is 0 Å². The van der Waals surface area contributed by atoms with Gasteiger partial charge in [-0.1, -0.05) is 12.1 Å². The van der Waals surface area contributed by atoms with Crippen molar-refractivity contribution in [2.24, 2.45) is 0 Å². The van der Waals surface area contributed by atoms with Crippen LogP contribution in [0, 0.1) is 0 Å². The van der Waals surface area contributed by atoms with E-state index in [-0.39, 0.29) is 5.78 Å². The first-order valence-electron chi connectivity index (χ1n) is 6.10. The van der Waals surface area contributed by atoms with E-state index in [1.165, 1.54) is 6.08 Å².